The third-order valence-corrected chi connectivity index (χ3v) is 4.49. The van der Waals surface area contributed by atoms with Crippen LogP contribution in [0.4, 0.5) is 0 Å². The van der Waals surface area contributed by atoms with Crippen LogP contribution >= 0.6 is 0 Å². The number of nitrogens with zero attached hydrogens (tertiary/aromatic N) is 2. The molecule has 3 heteroatoms. The first kappa shape index (κ1) is 12.2. The van der Waals surface area contributed by atoms with Gasteiger partial charge in [0.25, 0.3) is 5.91 Å². The lowest BCUT2D eigenvalue weighted by Gasteiger charge is -2.37. The van der Waals surface area contributed by atoms with Gasteiger partial charge in [0.1, 0.15) is 0 Å². The van der Waals surface area contributed by atoms with E-state index in [2.05, 4.69) is 6.07 Å². The van der Waals surface area contributed by atoms with Gasteiger partial charge in [-0.1, -0.05) is 12.5 Å². The molecule has 1 saturated heterocycles. The zero-order valence-corrected chi connectivity index (χ0v) is 11.0. The molecule has 0 radical (unpaired) electrons. The highest BCUT2D eigenvalue weighted by atomic mass is 16.2. The van der Waals surface area contributed by atoms with Crippen molar-refractivity contribution in [2.24, 2.45) is 5.92 Å². The lowest BCUT2D eigenvalue weighted by molar-refractivity contribution is 0.0626. The molecule has 0 aromatic heterocycles. The molecule has 1 aliphatic carbocycles. The maximum absolute atomic E-state index is 12.6. The maximum Gasteiger partial charge on any atom is 0.254 e. The molecule has 3 nitrogen and oxygen atoms in total. The first-order valence-corrected chi connectivity index (χ1v) is 7.11. The predicted molar refractivity (Wildman–Crippen MR) is 72.6 cm³/mol. The fraction of sp³-hybridized carbons (Fsp3) is 0.500. The number of hydrogen-bond donors (Lipinski definition) is 0. The highest BCUT2D eigenvalue weighted by molar-refractivity contribution is 5.95. The Balaban J connectivity index is 1.80. The van der Waals surface area contributed by atoms with E-state index in [1.54, 1.807) is 18.2 Å². The molecule has 1 unspecified atom stereocenters. The third kappa shape index (κ3) is 2.23. The monoisotopic (exact) mass is 254 g/mol. The van der Waals surface area contributed by atoms with Gasteiger partial charge in [-0.15, -0.1) is 0 Å². The van der Waals surface area contributed by atoms with Gasteiger partial charge in [0.2, 0.25) is 0 Å². The second kappa shape index (κ2) is 5.05. The van der Waals surface area contributed by atoms with Crippen molar-refractivity contribution < 1.29 is 4.79 Å². The van der Waals surface area contributed by atoms with Crippen LogP contribution in [0.5, 0.6) is 0 Å². The minimum Gasteiger partial charge on any atom is -0.335 e. The van der Waals surface area contributed by atoms with Crippen LogP contribution in [0.25, 0.3) is 0 Å². The molecule has 0 spiro atoms. The summed E-state index contributed by atoms with van der Waals surface area (Å²) in [5.41, 5.74) is 1.22. The number of nitriles is 1. The Hall–Kier alpha value is -1.82. The van der Waals surface area contributed by atoms with Gasteiger partial charge in [0, 0.05) is 18.2 Å². The Morgan fingerprint density at radius 1 is 1.26 bits per heavy atom. The van der Waals surface area contributed by atoms with Gasteiger partial charge in [0.15, 0.2) is 0 Å². The number of carbonyl (C=O) groups is 1. The lowest BCUT2D eigenvalue weighted by Crippen LogP contribution is -2.42. The average Bonchev–Trinajstić information content (AvgIpc) is 2.85. The quantitative estimate of drug-likeness (QED) is 0.814. The van der Waals surface area contributed by atoms with E-state index in [4.69, 9.17) is 5.26 Å². The summed E-state index contributed by atoms with van der Waals surface area (Å²) in [6, 6.07) is 9.59. The van der Waals surface area contributed by atoms with E-state index in [9.17, 15) is 4.79 Å². The van der Waals surface area contributed by atoms with Crippen LogP contribution in [-0.2, 0) is 0 Å². The van der Waals surface area contributed by atoms with Crippen molar-refractivity contribution in [1.29, 1.82) is 5.26 Å². The Labute approximate surface area is 113 Å². The van der Waals surface area contributed by atoms with Crippen LogP contribution in [0.2, 0.25) is 0 Å². The molecule has 0 bridgehead atoms. The van der Waals surface area contributed by atoms with Crippen LogP contribution in [-0.4, -0.2) is 23.4 Å². The Morgan fingerprint density at radius 2 is 2.11 bits per heavy atom. The van der Waals surface area contributed by atoms with E-state index in [0.717, 1.165) is 19.4 Å². The van der Waals surface area contributed by atoms with Gasteiger partial charge in [-0.05, 0) is 49.8 Å². The number of benzene rings is 1. The van der Waals surface area contributed by atoms with Crippen molar-refractivity contribution in [3.05, 3.63) is 35.4 Å². The van der Waals surface area contributed by atoms with Crippen molar-refractivity contribution in [2.75, 3.05) is 6.54 Å². The van der Waals surface area contributed by atoms with E-state index < -0.39 is 0 Å². The molecule has 1 aromatic rings. The SMILES string of the molecule is N#Cc1cccc(C(=O)N2CCCC2C2CCC2)c1. The number of carbonyl (C=O) groups excluding carboxylic acids is 1. The summed E-state index contributed by atoms with van der Waals surface area (Å²) in [6.07, 6.45) is 6.12. The molecule has 3 rings (SSSR count). The van der Waals surface area contributed by atoms with Gasteiger partial charge in [-0.2, -0.15) is 5.26 Å². The van der Waals surface area contributed by atoms with E-state index in [1.807, 2.05) is 11.0 Å². The predicted octanol–water partition coefficient (Wildman–Crippen LogP) is 2.96. The highest BCUT2D eigenvalue weighted by Gasteiger charge is 2.37. The van der Waals surface area contributed by atoms with Gasteiger partial charge in [0.05, 0.1) is 11.6 Å². The summed E-state index contributed by atoms with van der Waals surface area (Å²) < 4.78 is 0. The molecule has 1 aromatic carbocycles. The Bertz CT molecular complexity index is 528. The third-order valence-electron chi connectivity index (χ3n) is 4.49. The van der Waals surface area contributed by atoms with Crippen LogP contribution in [0, 0.1) is 17.2 Å². The second-order valence-corrected chi connectivity index (χ2v) is 5.59. The molecular formula is C16H18N2O. The number of amides is 1. The van der Waals surface area contributed by atoms with Crippen LogP contribution < -0.4 is 0 Å². The first-order valence-electron chi connectivity index (χ1n) is 7.11. The Morgan fingerprint density at radius 3 is 2.79 bits per heavy atom. The molecular weight excluding hydrogens is 236 g/mol. The largest absolute Gasteiger partial charge is 0.335 e. The number of likely N-dealkylation sites (tertiary alicyclic amines) is 1. The van der Waals surface area contributed by atoms with Crippen molar-refractivity contribution in [3.8, 4) is 6.07 Å². The van der Waals surface area contributed by atoms with E-state index in [0.29, 0.717) is 23.1 Å². The van der Waals surface area contributed by atoms with Crippen LogP contribution in [0.15, 0.2) is 24.3 Å². The van der Waals surface area contributed by atoms with E-state index >= 15 is 0 Å². The van der Waals surface area contributed by atoms with Gasteiger partial charge < -0.3 is 4.90 Å². The molecule has 0 N–H and O–H groups in total. The molecule has 1 atom stereocenters. The standard InChI is InChI=1S/C16H18N2O/c17-11-12-4-1-7-14(10-12)16(19)18-9-3-8-15(18)13-5-2-6-13/h1,4,7,10,13,15H,2-3,5-6,8-9H2. The molecule has 19 heavy (non-hydrogen) atoms. The second-order valence-electron chi connectivity index (χ2n) is 5.59. The zero-order chi connectivity index (χ0) is 13.2. The smallest absolute Gasteiger partial charge is 0.254 e. The Kier molecular flexibility index (Phi) is 3.25. The number of rotatable bonds is 2. The van der Waals surface area contributed by atoms with Crippen molar-refractivity contribution in [3.63, 3.8) is 0 Å². The van der Waals surface area contributed by atoms with Crippen molar-refractivity contribution in [2.45, 2.75) is 38.1 Å². The van der Waals surface area contributed by atoms with Gasteiger partial charge in [-0.3, -0.25) is 4.79 Å². The average molecular weight is 254 g/mol. The molecule has 1 aliphatic heterocycles. The molecule has 1 amide bonds. The fourth-order valence-corrected chi connectivity index (χ4v) is 3.25. The van der Waals surface area contributed by atoms with E-state index in [1.165, 1.54) is 19.3 Å². The topological polar surface area (TPSA) is 44.1 Å². The molecule has 1 heterocycles. The van der Waals surface area contributed by atoms with Crippen molar-refractivity contribution >= 4 is 5.91 Å². The molecule has 98 valence electrons. The summed E-state index contributed by atoms with van der Waals surface area (Å²) in [5.74, 6) is 0.817. The molecule has 2 aliphatic rings. The normalized spacial score (nSPS) is 22.9. The summed E-state index contributed by atoms with van der Waals surface area (Å²) in [5, 5.41) is 8.92. The number of hydrogen-bond acceptors (Lipinski definition) is 2. The maximum atomic E-state index is 12.6. The van der Waals surface area contributed by atoms with E-state index in [-0.39, 0.29) is 5.91 Å². The zero-order valence-electron chi connectivity index (χ0n) is 11.0. The minimum atomic E-state index is 0.103. The van der Waals surface area contributed by atoms with Crippen LogP contribution in [0.3, 0.4) is 0 Å². The van der Waals surface area contributed by atoms with Crippen molar-refractivity contribution in [1.82, 2.24) is 4.90 Å². The van der Waals surface area contributed by atoms with Gasteiger partial charge in [-0.25, -0.2) is 0 Å². The highest BCUT2D eigenvalue weighted by Crippen LogP contribution is 2.37. The first-order chi connectivity index (χ1) is 9.29. The van der Waals surface area contributed by atoms with Gasteiger partial charge >= 0.3 is 0 Å². The molecule has 1 saturated carbocycles. The summed E-state index contributed by atoms with van der Waals surface area (Å²) in [4.78, 5) is 14.6. The molecule has 2 fully saturated rings. The summed E-state index contributed by atoms with van der Waals surface area (Å²) in [7, 11) is 0. The van der Waals surface area contributed by atoms with Crippen LogP contribution in [0.1, 0.15) is 48.0 Å². The fourth-order valence-electron chi connectivity index (χ4n) is 3.25. The lowest BCUT2D eigenvalue weighted by atomic mass is 9.78. The summed E-state index contributed by atoms with van der Waals surface area (Å²) in [6.45, 7) is 0.872. The minimum absolute atomic E-state index is 0.103. The summed E-state index contributed by atoms with van der Waals surface area (Å²) >= 11 is 0.